The number of benzene rings is 2. The number of rotatable bonds is 5. The highest BCUT2D eigenvalue weighted by atomic mass is 16.5. The summed E-state index contributed by atoms with van der Waals surface area (Å²) >= 11 is 0. The number of likely N-dealkylation sites (N-methyl/N-ethyl adjacent to an activating group) is 1. The maximum atomic E-state index is 5.81. The topological polar surface area (TPSA) is 21.3 Å². The summed E-state index contributed by atoms with van der Waals surface area (Å²) in [6.07, 6.45) is -0.00277. The van der Waals surface area contributed by atoms with E-state index in [-0.39, 0.29) is 12.1 Å². The van der Waals surface area contributed by atoms with E-state index in [1.54, 1.807) is 7.11 Å². The van der Waals surface area contributed by atoms with Crippen molar-refractivity contribution in [3.63, 3.8) is 0 Å². The van der Waals surface area contributed by atoms with Crippen molar-refractivity contribution in [1.29, 1.82) is 0 Å². The molecule has 0 spiro atoms. The van der Waals surface area contributed by atoms with Gasteiger partial charge < -0.3 is 10.1 Å². The SMILES string of the molecule is CNC(c1cc(C)c(C)cc1C)C(OC)c1ccccc1. The minimum atomic E-state index is -0.00277. The van der Waals surface area contributed by atoms with E-state index in [1.165, 1.54) is 27.8 Å². The minimum absolute atomic E-state index is 0.00277. The fourth-order valence-corrected chi connectivity index (χ4v) is 2.90. The molecule has 0 radical (unpaired) electrons. The van der Waals surface area contributed by atoms with Gasteiger partial charge in [-0.3, -0.25) is 0 Å². The third-order valence-electron chi connectivity index (χ3n) is 4.21. The van der Waals surface area contributed by atoms with Crippen molar-refractivity contribution in [2.45, 2.75) is 32.9 Å². The number of aryl methyl sites for hydroxylation is 3. The van der Waals surface area contributed by atoms with Gasteiger partial charge >= 0.3 is 0 Å². The van der Waals surface area contributed by atoms with Crippen LogP contribution >= 0.6 is 0 Å². The quantitative estimate of drug-likeness (QED) is 0.885. The summed E-state index contributed by atoms with van der Waals surface area (Å²) in [6.45, 7) is 6.49. The Balaban J connectivity index is 2.45. The molecule has 0 saturated carbocycles. The smallest absolute Gasteiger partial charge is 0.102 e. The summed E-state index contributed by atoms with van der Waals surface area (Å²) < 4.78 is 5.81. The molecule has 0 saturated heterocycles. The van der Waals surface area contributed by atoms with Gasteiger partial charge in [0.15, 0.2) is 0 Å². The molecular formula is C19H25NO. The number of hydrogen-bond donors (Lipinski definition) is 1. The lowest BCUT2D eigenvalue weighted by Crippen LogP contribution is -2.26. The third-order valence-corrected chi connectivity index (χ3v) is 4.21. The Morgan fingerprint density at radius 3 is 2.10 bits per heavy atom. The molecular weight excluding hydrogens is 258 g/mol. The van der Waals surface area contributed by atoms with Crippen LogP contribution in [0.15, 0.2) is 42.5 Å². The normalized spacial score (nSPS) is 14.0. The van der Waals surface area contributed by atoms with Crippen LogP contribution in [0.2, 0.25) is 0 Å². The second-order valence-corrected chi connectivity index (χ2v) is 5.63. The Hall–Kier alpha value is -1.64. The molecule has 0 bridgehead atoms. The minimum Gasteiger partial charge on any atom is -0.375 e. The second-order valence-electron chi connectivity index (χ2n) is 5.63. The van der Waals surface area contributed by atoms with E-state index in [1.807, 2.05) is 13.1 Å². The van der Waals surface area contributed by atoms with Gasteiger partial charge in [0.1, 0.15) is 6.10 Å². The highest BCUT2D eigenvalue weighted by Crippen LogP contribution is 2.34. The second kappa shape index (κ2) is 6.88. The molecule has 0 aliphatic rings. The molecule has 1 N–H and O–H groups in total. The Morgan fingerprint density at radius 1 is 0.905 bits per heavy atom. The highest BCUT2D eigenvalue weighted by molar-refractivity contribution is 5.39. The zero-order valence-electron chi connectivity index (χ0n) is 13.6. The first-order valence-corrected chi connectivity index (χ1v) is 7.41. The Labute approximate surface area is 128 Å². The molecule has 2 unspecified atom stereocenters. The third kappa shape index (κ3) is 3.34. The van der Waals surface area contributed by atoms with Crippen LogP contribution in [0.1, 0.15) is 40.0 Å². The maximum absolute atomic E-state index is 5.81. The summed E-state index contributed by atoms with van der Waals surface area (Å²) in [7, 11) is 3.77. The van der Waals surface area contributed by atoms with E-state index in [9.17, 15) is 0 Å². The number of nitrogens with one attached hydrogen (secondary N) is 1. The lowest BCUT2D eigenvalue weighted by atomic mass is 9.90. The molecule has 2 heteroatoms. The highest BCUT2D eigenvalue weighted by Gasteiger charge is 2.24. The van der Waals surface area contributed by atoms with E-state index in [0.29, 0.717) is 0 Å². The Kier molecular flexibility index (Phi) is 5.16. The van der Waals surface area contributed by atoms with Gasteiger partial charge in [0.05, 0.1) is 6.04 Å². The summed E-state index contributed by atoms with van der Waals surface area (Å²) in [4.78, 5) is 0. The first kappa shape index (κ1) is 15.7. The Bertz CT molecular complexity index is 592. The molecule has 2 aromatic carbocycles. The van der Waals surface area contributed by atoms with Gasteiger partial charge in [-0.1, -0.05) is 42.5 Å². The molecule has 0 aromatic heterocycles. The van der Waals surface area contributed by atoms with Gasteiger partial charge in [0.2, 0.25) is 0 Å². The molecule has 0 heterocycles. The van der Waals surface area contributed by atoms with Gasteiger partial charge in [0.25, 0.3) is 0 Å². The predicted octanol–water partition coefficient (Wildman–Crippen LogP) is 4.26. The van der Waals surface area contributed by atoms with E-state index < -0.39 is 0 Å². The van der Waals surface area contributed by atoms with Gasteiger partial charge in [-0.2, -0.15) is 0 Å². The molecule has 0 aliphatic carbocycles. The largest absolute Gasteiger partial charge is 0.375 e. The molecule has 2 atom stereocenters. The van der Waals surface area contributed by atoms with Gasteiger partial charge in [0, 0.05) is 7.11 Å². The summed E-state index contributed by atoms with van der Waals surface area (Å²) in [6, 6.07) is 15.1. The van der Waals surface area contributed by atoms with E-state index >= 15 is 0 Å². The van der Waals surface area contributed by atoms with Crippen molar-refractivity contribution in [2.24, 2.45) is 0 Å². The lowest BCUT2D eigenvalue weighted by Gasteiger charge is -2.28. The van der Waals surface area contributed by atoms with Crippen molar-refractivity contribution in [3.8, 4) is 0 Å². The number of methoxy groups -OCH3 is 1. The van der Waals surface area contributed by atoms with Crippen molar-refractivity contribution in [1.82, 2.24) is 5.32 Å². The number of hydrogen-bond acceptors (Lipinski definition) is 2. The maximum Gasteiger partial charge on any atom is 0.102 e. The summed E-state index contributed by atoms with van der Waals surface area (Å²) in [5.74, 6) is 0. The first-order chi connectivity index (χ1) is 10.1. The predicted molar refractivity (Wildman–Crippen MR) is 88.6 cm³/mol. The van der Waals surface area contributed by atoms with Gasteiger partial charge in [-0.15, -0.1) is 0 Å². The standard InChI is InChI=1S/C19H25NO/c1-13-11-15(3)17(12-14(13)2)18(20-4)19(21-5)16-9-7-6-8-10-16/h6-12,18-20H,1-5H3. The van der Waals surface area contributed by atoms with Crippen LogP contribution < -0.4 is 5.32 Å². The average Bonchev–Trinajstić information content (AvgIpc) is 2.50. The molecule has 0 fully saturated rings. The van der Waals surface area contributed by atoms with Crippen LogP contribution in [-0.4, -0.2) is 14.2 Å². The molecule has 2 aromatic rings. The van der Waals surface area contributed by atoms with Crippen LogP contribution in [-0.2, 0) is 4.74 Å². The number of ether oxygens (including phenoxy) is 1. The van der Waals surface area contributed by atoms with Crippen LogP contribution in [0.3, 0.4) is 0 Å². The monoisotopic (exact) mass is 283 g/mol. The zero-order valence-corrected chi connectivity index (χ0v) is 13.6. The Morgan fingerprint density at radius 2 is 1.52 bits per heavy atom. The van der Waals surface area contributed by atoms with E-state index in [4.69, 9.17) is 4.74 Å². The van der Waals surface area contributed by atoms with Gasteiger partial charge in [-0.25, -0.2) is 0 Å². The van der Waals surface area contributed by atoms with Crippen molar-refractivity contribution in [2.75, 3.05) is 14.2 Å². The van der Waals surface area contributed by atoms with Crippen LogP contribution in [0.5, 0.6) is 0 Å². The average molecular weight is 283 g/mol. The van der Waals surface area contributed by atoms with Crippen molar-refractivity contribution >= 4 is 0 Å². The van der Waals surface area contributed by atoms with Crippen molar-refractivity contribution < 1.29 is 4.74 Å². The van der Waals surface area contributed by atoms with E-state index in [0.717, 1.165) is 0 Å². The lowest BCUT2D eigenvalue weighted by molar-refractivity contribution is 0.0700. The van der Waals surface area contributed by atoms with Crippen LogP contribution in [0.25, 0.3) is 0 Å². The molecule has 0 aliphatic heterocycles. The zero-order chi connectivity index (χ0) is 15.4. The fourth-order valence-electron chi connectivity index (χ4n) is 2.90. The summed E-state index contributed by atoms with van der Waals surface area (Å²) in [5, 5.41) is 3.43. The molecule has 21 heavy (non-hydrogen) atoms. The fraction of sp³-hybridized carbons (Fsp3) is 0.368. The molecule has 112 valence electrons. The van der Waals surface area contributed by atoms with Crippen molar-refractivity contribution in [3.05, 3.63) is 70.3 Å². The molecule has 0 amide bonds. The van der Waals surface area contributed by atoms with E-state index in [2.05, 4.69) is 62.5 Å². The van der Waals surface area contributed by atoms with Crippen LogP contribution in [0, 0.1) is 20.8 Å². The molecule has 2 nitrogen and oxygen atoms in total. The first-order valence-electron chi connectivity index (χ1n) is 7.41. The van der Waals surface area contributed by atoms with Gasteiger partial charge in [-0.05, 0) is 55.6 Å². The van der Waals surface area contributed by atoms with Crippen LogP contribution in [0.4, 0.5) is 0 Å². The summed E-state index contributed by atoms with van der Waals surface area (Å²) in [5.41, 5.74) is 6.45. The molecule has 2 rings (SSSR count).